The predicted molar refractivity (Wildman–Crippen MR) is 93.8 cm³/mol. The predicted octanol–water partition coefficient (Wildman–Crippen LogP) is 3.70. The molecule has 0 aliphatic heterocycles. The van der Waals surface area contributed by atoms with Crippen LogP contribution in [0, 0.1) is 6.92 Å². The second kappa shape index (κ2) is 6.61. The van der Waals surface area contributed by atoms with Gasteiger partial charge in [0.1, 0.15) is 5.65 Å². The molecular formula is C18H13ClN4O3. The van der Waals surface area contributed by atoms with Crippen molar-refractivity contribution in [3.05, 3.63) is 71.0 Å². The maximum atomic E-state index is 12.2. The lowest BCUT2D eigenvalue weighted by Gasteiger charge is -1.97. The third-order valence-corrected chi connectivity index (χ3v) is 3.97. The summed E-state index contributed by atoms with van der Waals surface area (Å²) in [5.41, 5.74) is 2.71. The van der Waals surface area contributed by atoms with Gasteiger partial charge >= 0.3 is 5.97 Å². The van der Waals surface area contributed by atoms with Gasteiger partial charge in [0.05, 0.1) is 0 Å². The number of halogens is 1. The summed E-state index contributed by atoms with van der Waals surface area (Å²) in [5.74, 6) is 0.0384. The average Bonchev–Trinajstić information content (AvgIpc) is 3.27. The first-order valence-electron chi connectivity index (χ1n) is 7.79. The summed E-state index contributed by atoms with van der Waals surface area (Å²) in [7, 11) is 0. The van der Waals surface area contributed by atoms with Gasteiger partial charge < -0.3 is 13.7 Å². The van der Waals surface area contributed by atoms with Crippen molar-refractivity contribution >= 4 is 23.2 Å². The summed E-state index contributed by atoms with van der Waals surface area (Å²) in [5, 5.41) is 4.49. The van der Waals surface area contributed by atoms with Gasteiger partial charge in [-0.2, -0.15) is 4.98 Å². The molecule has 0 unspecified atom stereocenters. The fraction of sp³-hybridized carbons (Fsp3) is 0.111. The van der Waals surface area contributed by atoms with Crippen molar-refractivity contribution in [1.82, 2.24) is 19.5 Å². The molecule has 3 heterocycles. The van der Waals surface area contributed by atoms with Gasteiger partial charge in [-0.15, -0.1) is 0 Å². The number of aromatic nitrogens is 4. The molecule has 26 heavy (non-hydrogen) atoms. The van der Waals surface area contributed by atoms with Gasteiger partial charge in [0, 0.05) is 23.0 Å². The highest BCUT2D eigenvalue weighted by Gasteiger charge is 2.15. The quantitative estimate of drug-likeness (QED) is 0.511. The SMILES string of the molecule is Cc1ccn2cc(C(=O)OCc3nc(-c4ccc(Cl)cc4)no3)nc2c1. The highest BCUT2D eigenvalue weighted by Crippen LogP contribution is 2.19. The van der Waals surface area contributed by atoms with Gasteiger partial charge in [-0.3, -0.25) is 0 Å². The number of benzene rings is 1. The third-order valence-electron chi connectivity index (χ3n) is 3.72. The zero-order valence-corrected chi connectivity index (χ0v) is 14.5. The van der Waals surface area contributed by atoms with Crippen molar-refractivity contribution in [3.8, 4) is 11.4 Å². The highest BCUT2D eigenvalue weighted by molar-refractivity contribution is 6.30. The van der Waals surface area contributed by atoms with Gasteiger partial charge in [-0.05, 0) is 48.9 Å². The molecule has 7 nitrogen and oxygen atoms in total. The van der Waals surface area contributed by atoms with E-state index in [1.165, 1.54) is 0 Å². The Balaban J connectivity index is 1.44. The summed E-state index contributed by atoms with van der Waals surface area (Å²) in [6.07, 6.45) is 3.45. The summed E-state index contributed by atoms with van der Waals surface area (Å²) >= 11 is 5.86. The van der Waals surface area contributed by atoms with Gasteiger partial charge in [-0.1, -0.05) is 16.8 Å². The van der Waals surface area contributed by atoms with Crippen LogP contribution in [0.4, 0.5) is 0 Å². The molecule has 8 heteroatoms. The number of fused-ring (bicyclic) bond motifs is 1. The Labute approximate surface area is 153 Å². The first-order valence-corrected chi connectivity index (χ1v) is 8.17. The number of rotatable bonds is 4. The number of carbonyl (C=O) groups is 1. The number of imidazole rings is 1. The van der Waals surface area contributed by atoms with E-state index in [9.17, 15) is 4.79 Å². The molecule has 3 aromatic heterocycles. The summed E-state index contributed by atoms with van der Waals surface area (Å²) in [6.45, 7) is 1.83. The number of pyridine rings is 1. The van der Waals surface area contributed by atoms with Crippen LogP contribution in [-0.4, -0.2) is 25.5 Å². The molecule has 4 aromatic rings. The van der Waals surface area contributed by atoms with E-state index in [1.807, 2.05) is 25.3 Å². The van der Waals surface area contributed by atoms with Crippen LogP contribution in [0.25, 0.3) is 17.0 Å². The topological polar surface area (TPSA) is 82.5 Å². The van der Waals surface area contributed by atoms with Gasteiger partial charge in [0.2, 0.25) is 5.82 Å². The molecule has 0 N–H and O–H groups in total. The van der Waals surface area contributed by atoms with Crippen LogP contribution >= 0.6 is 11.6 Å². The number of carbonyl (C=O) groups excluding carboxylic acids is 1. The normalized spacial score (nSPS) is 11.0. The molecule has 0 saturated heterocycles. The van der Waals surface area contributed by atoms with Crippen molar-refractivity contribution in [2.24, 2.45) is 0 Å². The van der Waals surface area contributed by atoms with Crippen molar-refractivity contribution in [2.75, 3.05) is 0 Å². The van der Waals surface area contributed by atoms with Crippen LogP contribution in [0.5, 0.6) is 0 Å². The minimum absolute atomic E-state index is 0.133. The summed E-state index contributed by atoms with van der Waals surface area (Å²) in [6, 6.07) is 10.8. The zero-order chi connectivity index (χ0) is 18.1. The number of aryl methyl sites for hydroxylation is 1. The lowest BCUT2D eigenvalue weighted by atomic mass is 10.2. The first-order chi connectivity index (χ1) is 12.6. The number of nitrogens with zero attached hydrogens (tertiary/aromatic N) is 4. The van der Waals surface area contributed by atoms with E-state index in [0.717, 1.165) is 11.1 Å². The number of hydrogen-bond acceptors (Lipinski definition) is 6. The Morgan fingerprint density at radius 2 is 2.04 bits per heavy atom. The van der Waals surface area contributed by atoms with Crippen molar-refractivity contribution in [2.45, 2.75) is 13.5 Å². The molecule has 0 amide bonds. The van der Waals surface area contributed by atoms with Crippen molar-refractivity contribution in [3.63, 3.8) is 0 Å². The summed E-state index contributed by atoms with van der Waals surface area (Å²) < 4.78 is 12.1. The van der Waals surface area contributed by atoms with E-state index >= 15 is 0 Å². The van der Waals surface area contributed by atoms with Gasteiger partial charge in [-0.25, -0.2) is 9.78 Å². The molecule has 0 saturated carbocycles. The highest BCUT2D eigenvalue weighted by atomic mass is 35.5. The molecule has 0 fully saturated rings. The van der Waals surface area contributed by atoms with E-state index in [0.29, 0.717) is 16.5 Å². The summed E-state index contributed by atoms with van der Waals surface area (Å²) in [4.78, 5) is 20.6. The fourth-order valence-corrected chi connectivity index (χ4v) is 2.54. The third kappa shape index (κ3) is 3.29. The lowest BCUT2D eigenvalue weighted by molar-refractivity contribution is 0.0423. The second-order valence-electron chi connectivity index (χ2n) is 5.69. The Bertz CT molecular complexity index is 1090. The minimum Gasteiger partial charge on any atom is -0.451 e. The van der Waals surface area contributed by atoms with Gasteiger partial charge in [0.25, 0.3) is 5.89 Å². The Morgan fingerprint density at radius 1 is 1.23 bits per heavy atom. The van der Waals surface area contributed by atoms with Crippen molar-refractivity contribution < 1.29 is 14.1 Å². The minimum atomic E-state index is -0.558. The number of esters is 1. The molecule has 1 aromatic carbocycles. The molecular weight excluding hydrogens is 356 g/mol. The van der Waals surface area contributed by atoms with Gasteiger partial charge in [0.15, 0.2) is 12.3 Å². The largest absolute Gasteiger partial charge is 0.451 e. The van der Waals surface area contributed by atoms with E-state index < -0.39 is 5.97 Å². The molecule has 0 bridgehead atoms. The fourth-order valence-electron chi connectivity index (χ4n) is 2.41. The second-order valence-corrected chi connectivity index (χ2v) is 6.13. The standard InChI is InChI=1S/C18H13ClN4O3/c1-11-6-7-23-9-14(20-15(23)8-11)18(24)25-10-16-21-17(22-26-16)12-2-4-13(19)5-3-12/h2-9H,10H2,1H3. The Hall–Kier alpha value is -3.19. The monoisotopic (exact) mass is 368 g/mol. The molecule has 0 atom stereocenters. The smallest absolute Gasteiger partial charge is 0.359 e. The molecule has 130 valence electrons. The van der Waals surface area contributed by atoms with Crippen LogP contribution in [-0.2, 0) is 11.3 Å². The van der Waals surface area contributed by atoms with Crippen LogP contribution in [0.2, 0.25) is 5.02 Å². The lowest BCUT2D eigenvalue weighted by Crippen LogP contribution is -2.05. The molecule has 0 radical (unpaired) electrons. The van der Waals surface area contributed by atoms with Crippen LogP contribution in [0.3, 0.4) is 0 Å². The maximum Gasteiger partial charge on any atom is 0.359 e. The van der Waals surface area contributed by atoms with E-state index in [1.54, 1.807) is 34.9 Å². The Morgan fingerprint density at radius 3 is 2.85 bits per heavy atom. The number of hydrogen-bond donors (Lipinski definition) is 0. The van der Waals surface area contributed by atoms with E-state index in [-0.39, 0.29) is 18.2 Å². The van der Waals surface area contributed by atoms with Crippen LogP contribution < -0.4 is 0 Å². The van der Waals surface area contributed by atoms with Crippen molar-refractivity contribution in [1.29, 1.82) is 0 Å². The molecule has 0 aliphatic rings. The van der Waals surface area contributed by atoms with Crippen LogP contribution in [0.1, 0.15) is 21.9 Å². The maximum absolute atomic E-state index is 12.2. The van der Waals surface area contributed by atoms with Crippen LogP contribution in [0.15, 0.2) is 53.3 Å². The molecule has 0 spiro atoms. The Kier molecular flexibility index (Phi) is 4.14. The average molecular weight is 369 g/mol. The first kappa shape index (κ1) is 16.3. The zero-order valence-electron chi connectivity index (χ0n) is 13.7. The van der Waals surface area contributed by atoms with E-state index in [4.69, 9.17) is 20.9 Å². The molecule has 0 aliphatic carbocycles. The number of ether oxygens (including phenoxy) is 1. The molecule has 4 rings (SSSR count). The van der Waals surface area contributed by atoms with E-state index in [2.05, 4.69) is 15.1 Å².